The van der Waals surface area contributed by atoms with Crippen molar-refractivity contribution in [2.75, 3.05) is 14.2 Å². The van der Waals surface area contributed by atoms with Gasteiger partial charge in [0.2, 0.25) is 0 Å². The van der Waals surface area contributed by atoms with Gasteiger partial charge in [0.1, 0.15) is 0 Å². The molecule has 1 aliphatic rings. The van der Waals surface area contributed by atoms with Gasteiger partial charge in [0.05, 0.1) is 18.0 Å². The average Bonchev–Trinajstić information content (AvgIpc) is 3.37. The third-order valence-electron chi connectivity index (χ3n) is 4.80. The largest absolute Gasteiger partial charge is 0.298 e. The van der Waals surface area contributed by atoms with Crippen molar-refractivity contribution >= 4 is 23.3 Å². The summed E-state index contributed by atoms with van der Waals surface area (Å²) in [6.07, 6.45) is 6.72. The van der Waals surface area contributed by atoms with Crippen LogP contribution in [0.3, 0.4) is 0 Å². The molecule has 0 spiro atoms. The van der Waals surface area contributed by atoms with Crippen LogP contribution in [0.1, 0.15) is 32.2 Å². The van der Waals surface area contributed by atoms with E-state index in [1.54, 1.807) is 18.4 Å². The van der Waals surface area contributed by atoms with Crippen LogP contribution < -0.4 is 0 Å². The Morgan fingerprint density at radius 3 is 2.85 bits per heavy atom. The van der Waals surface area contributed by atoms with Crippen molar-refractivity contribution in [3.63, 3.8) is 0 Å². The van der Waals surface area contributed by atoms with Gasteiger partial charge in [-0.25, -0.2) is 5.06 Å². The molecule has 132 valence electrons. The molecule has 0 saturated heterocycles. The molecule has 0 bridgehead atoms. The smallest absolute Gasteiger partial charge is 0.281 e. The Labute approximate surface area is 155 Å². The maximum absolute atomic E-state index is 12.4. The Hall–Kier alpha value is -2.77. The summed E-state index contributed by atoms with van der Waals surface area (Å²) in [7, 11) is 3.03. The lowest BCUT2D eigenvalue weighted by molar-refractivity contribution is -0.0760. The lowest BCUT2D eigenvalue weighted by Gasteiger charge is -2.32. The third kappa shape index (κ3) is 2.56. The predicted octanol–water partition coefficient (Wildman–Crippen LogP) is 3.06. The number of fused-ring (bicyclic) bond motifs is 1. The van der Waals surface area contributed by atoms with Gasteiger partial charge in [0.15, 0.2) is 5.69 Å². The number of rotatable bonds is 4. The van der Waals surface area contributed by atoms with Crippen LogP contribution in [0.2, 0.25) is 0 Å². The Balaban J connectivity index is 1.80. The van der Waals surface area contributed by atoms with Crippen LogP contribution in [0.4, 0.5) is 0 Å². The first-order valence-corrected chi connectivity index (χ1v) is 9.07. The zero-order valence-corrected chi connectivity index (χ0v) is 15.3. The fourth-order valence-electron chi connectivity index (χ4n) is 3.34. The van der Waals surface area contributed by atoms with Crippen molar-refractivity contribution in [2.45, 2.75) is 11.8 Å². The molecule has 1 aromatic carbocycles. The van der Waals surface area contributed by atoms with Crippen molar-refractivity contribution in [1.29, 1.82) is 0 Å². The van der Waals surface area contributed by atoms with Crippen LogP contribution in [-0.4, -0.2) is 40.3 Å². The molecular formula is C19H18N4O2S. The number of aromatic amines is 1. The standard InChI is InChI=1S/C19H18N4O2S/c1-23(25-2)18(24)17-14-8-9-19(10-15(14)21-22-17,16-11-20-12-26-16)13-6-4-3-5-7-13/h3-9,11-12H,10H2,1-2H3,(H,21,22). The lowest BCUT2D eigenvalue weighted by atomic mass is 9.72. The number of hydrogen-bond donors (Lipinski definition) is 1. The van der Waals surface area contributed by atoms with Crippen LogP contribution in [-0.2, 0) is 16.7 Å². The molecule has 2 heterocycles. The molecular weight excluding hydrogens is 348 g/mol. The van der Waals surface area contributed by atoms with Gasteiger partial charge in [-0.15, -0.1) is 11.3 Å². The van der Waals surface area contributed by atoms with Gasteiger partial charge in [0.25, 0.3) is 5.91 Å². The topological polar surface area (TPSA) is 71.1 Å². The highest BCUT2D eigenvalue weighted by atomic mass is 32.1. The third-order valence-corrected chi connectivity index (χ3v) is 5.75. The molecule has 6 nitrogen and oxygen atoms in total. The van der Waals surface area contributed by atoms with E-state index in [0.717, 1.165) is 16.1 Å². The second-order valence-electron chi connectivity index (χ2n) is 6.16. The number of aromatic nitrogens is 3. The minimum Gasteiger partial charge on any atom is -0.281 e. The zero-order valence-electron chi connectivity index (χ0n) is 14.5. The number of nitrogens with one attached hydrogen (secondary N) is 1. The summed E-state index contributed by atoms with van der Waals surface area (Å²) in [5.74, 6) is -0.278. The molecule has 0 saturated carbocycles. The average molecular weight is 366 g/mol. The van der Waals surface area contributed by atoms with Crippen molar-refractivity contribution < 1.29 is 9.63 Å². The summed E-state index contributed by atoms with van der Waals surface area (Å²) in [6, 6.07) is 10.3. The van der Waals surface area contributed by atoms with Crippen molar-refractivity contribution in [3.8, 4) is 0 Å². The first-order valence-electron chi connectivity index (χ1n) is 8.19. The molecule has 0 aliphatic heterocycles. The van der Waals surface area contributed by atoms with Gasteiger partial charge >= 0.3 is 0 Å². The van der Waals surface area contributed by atoms with E-state index in [9.17, 15) is 4.79 Å². The van der Waals surface area contributed by atoms with E-state index in [2.05, 4.69) is 33.4 Å². The summed E-state index contributed by atoms with van der Waals surface area (Å²) in [6.45, 7) is 0. The number of allylic oxidation sites excluding steroid dienone is 1. The number of carbonyl (C=O) groups excluding carboxylic acids is 1. The summed E-state index contributed by atoms with van der Waals surface area (Å²) in [5.41, 5.74) is 4.82. The molecule has 0 fully saturated rings. The first-order chi connectivity index (χ1) is 12.7. The minimum atomic E-state index is -0.324. The summed E-state index contributed by atoms with van der Waals surface area (Å²) in [4.78, 5) is 22.9. The van der Waals surface area contributed by atoms with E-state index >= 15 is 0 Å². The van der Waals surface area contributed by atoms with E-state index in [-0.39, 0.29) is 11.3 Å². The molecule has 7 heteroatoms. The normalized spacial score (nSPS) is 18.5. The number of carbonyl (C=O) groups is 1. The lowest BCUT2D eigenvalue weighted by Crippen LogP contribution is -2.30. The quantitative estimate of drug-likeness (QED) is 0.721. The number of H-pyrrole nitrogens is 1. The molecule has 1 amide bonds. The zero-order chi connectivity index (χ0) is 18.1. The SMILES string of the molecule is CON(C)C(=O)c1n[nH]c2c1C=CC(c1ccccc1)(c1cncs1)C2. The van der Waals surface area contributed by atoms with E-state index in [4.69, 9.17) is 4.84 Å². The number of thiazole rings is 1. The Kier molecular flexibility index (Phi) is 4.18. The minimum absolute atomic E-state index is 0.278. The number of nitrogens with zero attached hydrogens (tertiary/aromatic N) is 3. The van der Waals surface area contributed by atoms with Gasteiger partial charge < -0.3 is 0 Å². The fraction of sp³-hybridized carbons (Fsp3) is 0.211. The van der Waals surface area contributed by atoms with E-state index in [1.165, 1.54) is 17.7 Å². The number of benzene rings is 1. The first kappa shape index (κ1) is 16.7. The number of amides is 1. The molecule has 1 atom stereocenters. The van der Waals surface area contributed by atoms with Crippen molar-refractivity contribution in [1.82, 2.24) is 20.2 Å². The van der Waals surface area contributed by atoms with Gasteiger partial charge in [-0.05, 0) is 5.56 Å². The van der Waals surface area contributed by atoms with Crippen LogP contribution in [0.15, 0.2) is 48.1 Å². The second kappa shape index (κ2) is 6.51. The van der Waals surface area contributed by atoms with Crippen LogP contribution in [0.25, 0.3) is 6.08 Å². The van der Waals surface area contributed by atoms with Crippen LogP contribution >= 0.6 is 11.3 Å². The molecule has 2 aromatic heterocycles. The predicted molar refractivity (Wildman–Crippen MR) is 99.8 cm³/mol. The molecule has 3 aromatic rings. The summed E-state index contributed by atoms with van der Waals surface area (Å²) < 4.78 is 0. The highest BCUT2D eigenvalue weighted by molar-refractivity contribution is 7.09. The van der Waals surface area contributed by atoms with E-state index < -0.39 is 0 Å². The number of hydroxylamine groups is 2. The molecule has 1 N–H and O–H groups in total. The van der Waals surface area contributed by atoms with Gasteiger partial charge in [0, 0.05) is 35.8 Å². The Morgan fingerprint density at radius 2 is 2.15 bits per heavy atom. The van der Waals surface area contributed by atoms with Gasteiger partial charge in [-0.2, -0.15) is 5.10 Å². The molecule has 1 aliphatic carbocycles. The monoisotopic (exact) mass is 366 g/mol. The number of hydrogen-bond acceptors (Lipinski definition) is 5. The molecule has 4 rings (SSSR count). The summed E-state index contributed by atoms with van der Waals surface area (Å²) >= 11 is 1.63. The van der Waals surface area contributed by atoms with Gasteiger partial charge in [-0.1, -0.05) is 42.5 Å². The second-order valence-corrected chi connectivity index (χ2v) is 7.05. The summed E-state index contributed by atoms with van der Waals surface area (Å²) in [5, 5.41) is 8.47. The highest BCUT2D eigenvalue weighted by Gasteiger charge is 2.38. The maximum Gasteiger partial charge on any atom is 0.298 e. The van der Waals surface area contributed by atoms with Crippen molar-refractivity contribution in [2.24, 2.45) is 0 Å². The Bertz CT molecular complexity index is 949. The van der Waals surface area contributed by atoms with Crippen molar-refractivity contribution in [3.05, 3.63) is 75.5 Å². The van der Waals surface area contributed by atoms with Crippen LogP contribution in [0.5, 0.6) is 0 Å². The highest BCUT2D eigenvalue weighted by Crippen LogP contribution is 2.43. The molecule has 26 heavy (non-hydrogen) atoms. The van der Waals surface area contributed by atoms with Gasteiger partial charge in [-0.3, -0.25) is 19.7 Å². The Morgan fingerprint density at radius 1 is 1.35 bits per heavy atom. The fourth-order valence-corrected chi connectivity index (χ4v) is 4.17. The van der Waals surface area contributed by atoms with E-state index in [1.807, 2.05) is 36.0 Å². The van der Waals surface area contributed by atoms with E-state index in [0.29, 0.717) is 12.1 Å². The molecule has 1 unspecified atom stereocenters. The van der Waals surface area contributed by atoms with Crippen LogP contribution in [0, 0.1) is 0 Å². The maximum atomic E-state index is 12.4. The molecule has 0 radical (unpaired) electrons.